The van der Waals surface area contributed by atoms with Crippen molar-refractivity contribution in [3.8, 4) is 0 Å². The van der Waals surface area contributed by atoms with Gasteiger partial charge in [0.05, 0.1) is 0 Å². The zero-order valence-electron chi connectivity index (χ0n) is 10.9. The van der Waals surface area contributed by atoms with E-state index in [0.717, 1.165) is 16.9 Å². The fourth-order valence-electron chi connectivity index (χ4n) is 2.35. The molecule has 0 aromatic rings. The number of hydrogen-bond acceptors (Lipinski definition) is 3. The minimum Gasteiger partial charge on any atom is -0.479 e. The number of rotatable bonds is 7. The van der Waals surface area contributed by atoms with Crippen LogP contribution in [0.25, 0.3) is 0 Å². The predicted octanol–water partition coefficient (Wildman–Crippen LogP) is 3.18. The van der Waals surface area contributed by atoms with Gasteiger partial charge in [0.1, 0.15) is 0 Å². The van der Waals surface area contributed by atoms with E-state index in [4.69, 9.17) is 9.84 Å². The Balaban J connectivity index is 2.18. The molecule has 1 rings (SSSR count). The van der Waals surface area contributed by atoms with Crippen molar-refractivity contribution in [2.24, 2.45) is 5.92 Å². The second-order valence-corrected chi connectivity index (χ2v) is 6.24. The molecule has 100 valence electrons. The van der Waals surface area contributed by atoms with E-state index in [1.54, 1.807) is 0 Å². The lowest BCUT2D eigenvalue weighted by atomic mass is 9.91. The number of thioether (sulfide) groups is 1. The molecule has 0 bridgehead atoms. The first kappa shape index (κ1) is 14.8. The van der Waals surface area contributed by atoms with Crippen LogP contribution < -0.4 is 0 Å². The molecule has 0 aromatic heterocycles. The van der Waals surface area contributed by atoms with Gasteiger partial charge in [-0.15, -0.1) is 0 Å². The standard InChI is InChI=1S/C13H24O3S/c1-3-16-12(13(14)15)7-8-17-11-6-4-5-10(2)9-11/h10-12H,3-9H2,1-2H3,(H,14,15). The first-order valence-electron chi connectivity index (χ1n) is 6.59. The van der Waals surface area contributed by atoms with Gasteiger partial charge in [-0.2, -0.15) is 11.8 Å². The van der Waals surface area contributed by atoms with Gasteiger partial charge in [-0.25, -0.2) is 4.79 Å². The van der Waals surface area contributed by atoms with Crippen LogP contribution in [-0.2, 0) is 9.53 Å². The van der Waals surface area contributed by atoms with Gasteiger partial charge in [-0.1, -0.05) is 19.8 Å². The van der Waals surface area contributed by atoms with Crippen LogP contribution in [0.5, 0.6) is 0 Å². The molecule has 1 N–H and O–H groups in total. The average Bonchev–Trinajstić information content (AvgIpc) is 2.28. The van der Waals surface area contributed by atoms with Crippen molar-refractivity contribution >= 4 is 17.7 Å². The number of ether oxygens (including phenoxy) is 1. The zero-order valence-corrected chi connectivity index (χ0v) is 11.7. The topological polar surface area (TPSA) is 46.5 Å². The fraction of sp³-hybridized carbons (Fsp3) is 0.923. The van der Waals surface area contributed by atoms with Gasteiger partial charge in [-0.05, 0) is 37.9 Å². The highest BCUT2D eigenvalue weighted by Crippen LogP contribution is 2.32. The third kappa shape index (κ3) is 5.77. The van der Waals surface area contributed by atoms with Gasteiger partial charge in [0.2, 0.25) is 0 Å². The van der Waals surface area contributed by atoms with Crippen molar-refractivity contribution < 1.29 is 14.6 Å². The van der Waals surface area contributed by atoms with E-state index in [2.05, 4.69) is 6.92 Å². The van der Waals surface area contributed by atoms with E-state index in [0.29, 0.717) is 13.0 Å². The van der Waals surface area contributed by atoms with Crippen molar-refractivity contribution in [1.29, 1.82) is 0 Å². The molecule has 17 heavy (non-hydrogen) atoms. The van der Waals surface area contributed by atoms with Crippen LogP contribution in [0.1, 0.15) is 46.0 Å². The summed E-state index contributed by atoms with van der Waals surface area (Å²) in [7, 11) is 0. The lowest BCUT2D eigenvalue weighted by Crippen LogP contribution is -2.25. The predicted molar refractivity (Wildman–Crippen MR) is 71.5 cm³/mol. The molecule has 0 heterocycles. The van der Waals surface area contributed by atoms with Crippen LogP contribution in [0.2, 0.25) is 0 Å². The molecule has 1 saturated carbocycles. The first-order chi connectivity index (χ1) is 8.13. The van der Waals surface area contributed by atoms with Gasteiger partial charge in [-0.3, -0.25) is 0 Å². The van der Waals surface area contributed by atoms with Crippen molar-refractivity contribution in [2.75, 3.05) is 12.4 Å². The second kappa shape index (κ2) is 7.98. The van der Waals surface area contributed by atoms with Gasteiger partial charge >= 0.3 is 5.97 Å². The Hall–Kier alpha value is -0.220. The van der Waals surface area contributed by atoms with Crippen molar-refractivity contribution in [1.82, 2.24) is 0 Å². The highest BCUT2D eigenvalue weighted by atomic mass is 32.2. The molecular formula is C13H24O3S. The molecule has 3 atom stereocenters. The Bertz CT molecular complexity index is 233. The van der Waals surface area contributed by atoms with Crippen LogP contribution in [0, 0.1) is 5.92 Å². The van der Waals surface area contributed by atoms with E-state index in [-0.39, 0.29) is 0 Å². The van der Waals surface area contributed by atoms with E-state index < -0.39 is 12.1 Å². The minimum atomic E-state index is -0.829. The summed E-state index contributed by atoms with van der Waals surface area (Å²) in [4.78, 5) is 10.9. The third-order valence-corrected chi connectivity index (χ3v) is 4.64. The SMILES string of the molecule is CCOC(CCSC1CCCC(C)C1)C(=O)O. The summed E-state index contributed by atoms with van der Waals surface area (Å²) in [5.41, 5.74) is 0. The minimum absolute atomic E-state index is 0.474. The zero-order chi connectivity index (χ0) is 12.7. The van der Waals surface area contributed by atoms with E-state index >= 15 is 0 Å². The lowest BCUT2D eigenvalue weighted by molar-refractivity contribution is -0.150. The summed E-state index contributed by atoms with van der Waals surface area (Å²) >= 11 is 1.93. The van der Waals surface area contributed by atoms with Crippen molar-refractivity contribution in [2.45, 2.75) is 57.3 Å². The van der Waals surface area contributed by atoms with Gasteiger partial charge < -0.3 is 9.84 Å². The maximum absolute atomic E-state index is 10.9. The van der Waals surface area contributed by atoms with Crippen LogP contribution in [0.3, 0.4) is 0 Å². The maximum atomic E-state index is 10.9. The normalized spacial score (nSPS) is 26.7. The molecule has 0 aliphatic heterocycles. The summed E-state index contributed by atoms with van der Waals surface area (Å²) in [5, 5.41) is 9.68. The fourth-order valence-corrected chi connectivity index (χ4v) is 3.83. The molecule has 0 amide bonds. The quantitative estimate of drug-likeness (QED) is 0.763. The number of carbonyl (C=O) groups is 1. The lowest BCUT2D eigenvalue weighted by Gasteiger charge is -2.26. The molecule has 0 saturated heterocycles. The molecule has 1 fully saturated rings. The van der Waals surface area contributed by atoms with Gasteiger partial charge in [0.15, 0.2) is 6.10 Å². The van der Waals surface area contributed by atoms with Crippen LogP contribution in [0.4, 0.5) is 0 Å². The molecule has 4 heteroatoms. The van der Waals surface area contributed by atoms with Crippen LogP contribution in [0.15, 0.2) is 0 Å². The Kier molecular flexibility index (Phi) is 6.97. The van der Waals surface area contributed by atoms with Gasteiger partial charge in [0, 0.05) is 11.9 Å². The van der Waals surface area contributed by atoms with Crippen molar-refractivity contribution in [3.63, 3.8) is 0 Å². The Morgan fingerprint density at radius 2 is 2.29 bits per heavy atom. The van der Waals surface area contributed by atoms with E-state index in [1.165, 1.54) is 25.7 Å². The summed E-state index contributed by atoms with van der Waals surface area (Å²) < 4.78 is 5.20. The smallest absolute Gasteiger partial charge is 0.332 e. The summed E-state index contributed by atoms with van der Waals surface area (Å²) in [6.45, 7) is 4.63. The highest BCUT2D eigenvalue weighted by Gasteiger charge is 2.21. The number of aliphatic carboxylic acids is 1. The molecule has 0 aromatic carbocycles. The summed E-state index contributed by atoms with van der Waals surface area (Å²) in [5.74, 6) is 0.904. The Morgan fingerprint density at radius 1 is 1.53 bits per heavy atom. The molecular weight excluding hydrogens is 236 g/mol. The molecule has 1 aliphatic rings. The largest absolute Gasteiger partial charge is 0.479 e. The summed E-state index contributed by atoms with van der Waals surface area (Å²) in [6.07, 6.45) is 5.27. The first-order valence-corrected chi connectivity index (χ1v) is 7.64. The Labute approximate surface area is 108 Å². The summed E-state index contributed by atoms with van der Waals surface area (Å²) in [6, 6.07) is 0. The molecule has 3 nitrogen and oxygen atoms in total. The number of hydrogen-bond donors (Lipinski definition) is 1. The monoisotopic (exact) mass is 260 g/mol. The van der Waals surface area contributed by atoms with Crippen LogP contribution in [-0.4, -0.2) is 34.8 Å². The maximum Gasteiger partial charge on any atom is 0.332 e. The Morgan fingerprint density at radius 3 is 2.88 bits per heavy atom. The average molecular weight is 260 g/mol. The number of carboxylic acids is 1. The molecule has 3 unspecified atom stereocenters. The highest BCUT2D eigenvalue weighted by molar-refractivity contribution is 7.99. The molecule has 0 radical (unpaired) electrons. The van der Waals surface area contributed by atoms with Crippen LogP contribution >= 0.6 is 11.8 Å². The molecule has 1 aliphatic carbocycles. The third-order valence-electron chi connectivity index (χ3n) is 3.27. The second-order valence-electron chi connectivity index (χ2n) is 4.84. The number of carboxylic acid groups (broad SMARTS) is 1. The van der Waals surface area contributed by atoms with Gasteiger partial charge in [0.25, 0.3) is 0 Å². The molecule has 0 spiro atoms. The van der Waals surface area contributed by atoms with Crippen molar-refractivity contribution in [3.05, 3.63) is 0 Å². The van der Waals surface area contributed by atoms with E-state index in [1.807, 2.05) is 18.7 Å². The van der Waals surface area contributed by atoms with E-state index in [9.17, 15) is 4.79 Å².